The summed E-state index contributed by atoms with van der Waals surface area (Å²) in [5, 5.41) is 15.4. The zero-order valence-electron chi connectivity index (χ0n) is 15.8. The summed E-state index contributed by atoms with van der Waals surface area (Å²) in [7, 11) is 0. The molecule has 1 unspecified atom stereocenters. The van der Waals surface area contributed by atoms with Crippen LogP contribution < -0.4 is 10.9 Å². The Morgan fingerprint density at radius 1 is 1.19 bits per heavy atom. The van der Waals surface area contributed by atoms with E-state index in [1.807, 2.05) is 13.8 Å². The number of nitrogens with one attached hydrogen (secondary N) is 2. The molecule has 1 aliphatic heterocycles. The highest BCUT2D eigenvalue weighted by Gasteiger charge is 2.25. The van der Waals surface area contributed by atoms with Gasteiger partial charge in [-0.2, -0.15) is 0 Å². The lowest BCUT2D eigenvalue weighted by Gasteiger charge is -2.31. The zero-order chi connectivity index (χ0) is 19.4. The van der Waals surface area contributed by atoms with Crippen LogP contribution in [0.2, 0.25) is 0 Å². The Labute approximate surface area is 158 Å². The van der Waals surface area contributed by atoms with Crippen LogP contribution in [0.5, 0.6) is 0 Å². The fraction of sp³-hybridized carbons (Fsp3) is 0.450. The smallest absolute Gasteiger partial charge is 0.277 e. The van der Waals surface area contributed by atoms with E-state index >= 15 is 0 Å². The van der Waals surface area contributed by atoms with Crippen molar-refractivity contribution < 1.29 is 4.92 Å². The lowest BCUT2D eigenvalue weighted by atomic mass is 10.1. The average molecular weight is 370 g/mol. The van der Waals surface area contributed by atoms with Gasteiger partial charge in [0, 0.05) is 44.0 Å². The van der Waals surface area contributed by atoms with Crippen LogP contribution >= 0.6 is 0 Å². The van der Waals surface area contributed by atoms with E-state index in [0.29, 0.717) is 22.5 Å². The molecule has 0 radical (unpaired) electrons. The first-order chi connectivity index (χ1) is 13.1. The van der Waals surface area contributed by atoms with Gasteiger partial charge in [0.2, 0.25) is 0 Å². The van der Waals surface area contributed by atoms with Crippen molar-refractivity contribution >= 4 is 22.0 Å². The monoisotopic (exact) mass is 370 g/mol. The molecule has 7 nitrogen and oxygen atoms in total. The van der Waals surface area contributed by atoms with Gasteiger partial charge in [0.1, 0.15) is 0 Å². The van der Waals surface area contributed by atoms with E-state index in [9.17, 15) is 14.9 Å². The lowest BCUT2D eigenvalue weighted by molar-refractivity contribution is -0.383. The molecule has 144 valence electrons. The van der Waals surface area contributed by atoms with Crippen molar-refractivity contribution in [2.75, 3.05) is 26.2 Å². The minimum atomic E-state index is -0.432. The Morgan fingerprint density at radius 3 is 2.63 bits per heavy atom. The normalized spacial score (nSPS) is 20.1. The number of non-ortho nitro benzene ring substituents is 1. The molecule has 1 atom stereocenters. The maximum Gasteiger partial charge on any atom is 0.277 e. The number of nitro benzene ring substituents is 1. The van der Waals surface area contributed by atoms with Gasteiger partial charge in [-0.25, -0.2) is 0 Å². The third kappa shape index (κ3) is 3.94. The summed E-state index contributed by atoms with van der Waals surface area (Å²) >= 11 is 0. The number of rotatable bonds is 3. The summed E-state index contributed by atoms with van der Waals surface area (Å²) in [5.74, 6) is 0. The topological polar surface area (TPSA) is 91.3 Å². The summed E-state index contributed by atoms with van der Waals surface area (Å²) in [6.07, 6.45) is 4.10. The van der Waals surface area contributed by atoms with Crippen molar-refractivity contribution in [1.29, 1.82) is 0 Å². The molecule has 4 rings (SSSR count). The number of allylic oxidation sites excluding steroid dienone is 1. The SMILES string of the molecule is CC.O=c1[nH]c(C2=CC(N3CCNCC3)CC2)cc2c([N+](=O)[O-])cccc12. The first-order valence-corrected chi connectivity index (χ1v) is 9.60. The second kappa shape index (κ2) is 8.45. The molecule has 0 spiro atoms. The Balaban J connectivity index is 0.00000102. The van der Waals surface area contributed by atoms with Crippen LogP contribution in [0.3, 0.4) is 0 Å². The fourth-order valence-corrected chi connectivity index (χ4v) is 3.83. The number of fused-ring (bicyclic) bond motifs is 1. The van der Waals surface area contributed by atoms with Crippen LogP contribution in [0.25, 0.3) is 16.3 Å². The molecule has 2 N–H and O–H groups in total. The molecule has 7 heteroatoms. The largest absolute Gasteiger partial charge is 0.322 e. The molecule has 1 aromatic heterocycles. The number of hydrogen-bond acceptors (Lipinski definition) is 5. The number of hydrogen-bond donors (Lipinski definition) is 2. The molecule has 2 aromatic rings. The van der Waals surface area contributed by atoms with E-state index < -0.39 is 4.92 Å². The Morgan fingerprint density at radius 2 is 1.93 bits per heavy atom. The summed E-state index contributed by atoms with van der Waals surface area (Å²) in [4.78, 5) is 28.6. The van der Waals surface area contributed by atoms with Gasteiger partial charge in [0.25, 0.3) is 11.2 Å². The van der Waals surface area contributed by atoms with Crippen LogP contribution in [0.4, 0.5) is 5.69 Å². The van der Waals surface area contributed by atoms with E-state index in [0.717, 1.165) is 44.6 Å². The number of pyridine rings is 1. The van der Waals surface area contributed by atoms with Gasteiger partial charge >= 0.3 is 0 Å². The molecule has 27 heavy (non-hydrogen) atoms. The van der Waals surface area contributed by atoms with Gasteiger partial charge in [-0.1, -0.05) is 26.0 Å². The molecule has 1 saturated heterocycles. The molecule has 1 fully saturated rings. The van der Waals surface area contributed by atoms with Crippen molar-refractivity contribution in [3.05, 3.63) is 56.5 Å². The Hall–Kier alpha value is -2.51. The number of piperazine rings is 1. The summed E-state index contributed by atoms with van der Waals surface area (Å²) in [6, 6.07) is 6.74. The third-order valence-corrected chi connectivity index (χ3v) is 5.13. The molecule has 2 heterocycles. The molecular weight excluding hydrogens is 344 g/mol. The third-order valence-electron chi connectivity index (χ3n) is 5.13. The van der Waals surface area contributed by atoms with E-state index in [2.05, 4.69) is 21.3 Å². The second-order valence-electron chi connectivity index (χ2n) is 6.59. The quantitative estimate of drug-likeness (QED) is 0.640. The summed E-state index contributed by atoms with van der Waals surface area (Å²) < 4.78 is 0. The highest BCUT2D eigenvalue weighted by molar-refractivity contribution is 5.92. The van der Waals surface area contributed by atoms with Gasteiger partial charge in [-0.05, 0) is 30.5 Å². The predicted molar refractivity (Wildman–Crippen MR) is 108 cm³/mol. The molecule has 0 bridgehead atoms. The summed E-state index contributed by atoms with van der Waals surface area (Å²) in [5.41, 5.74) is 1.47. The standard InChI is InChI=1S/C18H20N4O3.C2H6/c23-18-14-2-1-3-17(22(24)25)15(14)11-16(20-18)12-4-5-13(10-12)21-8-6-19-7-9-21;1-2/h1-3,10-11,13,19H,4-9H2,(H,20,23);1-2H3. The number of benzene rings is 1. The second-order valence-corrected chi connectivity index (χ2v) is 6.59. The van der Waals surface area contributed by atoms with Gasteiger partial charge in [0.05, 0.1) is 15.7 Å². The molecule has 2 aliphatic rings. The minimum Gasteiger partial charge on any atom is -0.322 e. The van der Waals surface area contributed by atoms with Crippen LogP contribution in [-0.2, 0) is 0 Å². The number of nitro groups is 1. The number of aromatic nitrogens is 1. The maximum absolute atomic E-state index is 12.4. The van der Waals surface area contributed by atoms with E-state index in [1.165, 1.54) is 6.07 Å². The average Bonchev–Trinajstić information content (AvgIpc) is 3.20. The zero-order valence-corrected chi connectivity index (χ0v) is 15.8. The minimum absolute atomic E-state index is 0.0258. The number of aromatic amines is 1. The summed E-state index contributed by atoms with van der Waals surface area (Å²) in [6.45, 7) is 8.04. The first-order valence-electron chi connectivity index (χ1n) is 9.60. The van der Waals surface area contributed by atoms with Gasteiger partial charge in [-0.3, -0.25) is 19.8 Å². The number of H-pyrrole nitrogens is 1. The fourth-order valence-electron chi connectivity index (χ4n) is 3.83. The first kappa shape index (κ1) is 19.3. The Bertz CT molecular complexity index is 913. The van der Waals surface area contributed by atoms with Crippen LogP contribution in [0.1, 0.15) is 32.4 Å². The van der Waals surface area contributed by atoms with Gasteiger partial charge in [0.15, 0.2) is 0 Å². The van der Waals surface area contributed by atoms with E-state index in [-0.39, 0.29) is 11.2 Å². The van der Waals surface area contributed by atoms with Crippen molar-refractivity contribution in [3.8, 4) is 0 Å². The molecule has 1 aromatic carbocycles. The maximum atomic E-state index is 12.4. The molecule has 0 saturated carbocycles. The van der Waals surface area contributed by atoms with Crippen LogP contribution in [0, 0.1) is 10.1 Å². The number of nitrogens with zero attached hydrogens (tertiary/aromatic N) is 2. The molecule has 1 aliphatic carbocycles. The van der Waals surface area contributed by atoms with Crippen molar-refractivity contribution in [2.24, 2.45) is 0 Å². The lowest BCUT2D eigenvalue weighted by Crippen LogP contribution is -2.47. The highest BCUT2D eigenvalue weighted by atomic mass is 16.6. The van der Waals surface area contributed by atoms with Crippen molar-refractivity contribution in [1.82, 2.24) is 15.2 Å². The van der Waals surface area contributed by atoms with Gasteiger partial charge < -0.3 is 10.3 Å². The van der Waals surface area contributed by atoms with Gasteiger partial charge in [-0.15, -0.1) is 0 Å². The van der Waals surface area contributed by atoms with E-state index in [4.69, 9.17) is 0 Å². The molecular formula is C20H26N4O3. The van der Waals surface area contributed by atoms with Crippen LogP contribution in [0.15, 0.2) is 35.1 Å². The highest BCUT2D eigenvalue weighted by Crippen LogP contribution is 2.32. The Kier molecular flexibility index (Phi) is 6.03. The van der Waals surface area contributed by atoms with Crippen molar-refractivity contribution in [3.63, 3.8) is 0 Å². The van der Waals surface area contributed by atoms with Crippen LogP contribution in [-0.4, -0.2) is 47.0 Å². The molecule has 0 amide bonds. The van der Waals surface area contributed by atoms with E-state index in [1.54, 1.807) is 18.2 Å². The van der Waals surface area contributed by atoms with Crippen molar-refractivity contribution in [2.45, 2.75) is 32.7 Å². The predicted octanol–water partition coefficient (Wildman–Crippen LogP) is 2.91.